The Balaban J connectivity index is 0.000000222. The van der Waals surface area contributed by atoms with Crippen LogP contribution in [0.4, 0.5) is 10.8 Å². The van der Waals surface area contributed by atoms with Crippen molar-refractivity contribution >= 4 is 32.4 Å². The molecule has 2 N–H and O–H groups in total. The van der Waals surface area contributed by atoms with E-state index in [2.05, 4.69) is 112 Å². The van der Waals surface area contributed by atoms with Gasteiger partial charge in [0.1, 0.15) is 17.1 Å². The van der Waals surface area contributed by atoms with E-state index in [-0.39, 0.29) is 5.60 Å². The monoisotopic (exact) mass is 807 g/mol. The van der Waals surface area contributed by atoms with E-state index in [9.17, 15) is 5.11 Å². The molecule has 0 saturated heterocycles. The van der Waals surface area contributed by atoms with Crippen molar-refractivity contribution in [3.8, 4) is 11.5 Å². The largest absolute Gasteiger partial charge is 0.507 e. The predicted molar refractivity (Wildman–Crippen MR) is 248 cm³/mol. The van der Waals surface area contributed by atoms with Gasteiger partial charge in [0, 0.05) is 23.6 Å². The molecule has 0 saturated carbocycles. The summed E-state index contributed by atoms with van der Waals surface area (Å²) in [5.74, 6) is 4.62. The molecule has 6 rings (SSSR count). The molecule has 1 aliphatic rings. The Kier molecular flexibility index (Phi) is 16.7. The smallest absolute Gasteiger partial charge is 0.188 e. The van der Waals surface area contributed by atoms with E-state index in [0.29, 0.717) is 17.7 Å². The Bertz CT molecular complexity index is 1950. The van der Waals surface area contributed by atoms with Crippen LogP contribution in [0.5, 0.6) is 11.5 Å². The van der Waals surface area contributed by atoms with E-state index in [1.54, 1.807) is 11.3 Å². The third-order valence-corrected chi connectivity index (χ3v) is 14.0. The molecule has 0 spiro atoms. The molecular formula is C51H74N4O2S. The zero-order chi connectivity index (χ0) is 41.8. The highest BCUT2D eigenvalue weighted by Gasteiger charge is 2.34. The molecule has 6 nitrogen and oxygen atoms in total. The fraction of sp³-hybridized carbons (Fsp3) is 0.569. The van der Waals surface area contributed by atoms with Gasteiger partial charge >= 0.3 is 0 Å². The first-order valence-electron chi connectivity index (χ1n) is 22.5. The number of imidazole rings is 1. The van der Waals surface area contributed by atoms with Gasteiger partial charge in [-0.3, -0.25) is 0 Å². The first-order chi connectivity index (χ1) is 27.8. The molecule has 0 fully saturated rings. The molecule has 0 radical (unpaired) electrons. The van der Waals surface area contributed by atoms with Gasteiger partial charge in [0.2, 0.25) is 0 Å². The number of para-hydroxylation sites is 1. The topological polar surface area (TPSA) is 72.2 Å². The number of nitrogens with one attached hydrogen (secondary N) is 1. The van der Waals surface area contributed by atoms with Gasteiger partial charge in [-0.25, -0.2) is 9.97 Å². The van der Waals surface area contributed by atoms with E-state index >= 15 is 0 Å². The molecule has 0 amide bonds. The third-order valence-electron chi connectivity index (χ3n) is 13.0. The van der Waals surface area contributed by atoms with Crippen LogP contribution in [0.3, 0.4) is 0 Å². The van der Waals surface area contributed by atoms with E-state index in [4.69, 9.17) is 4.74 Å². The highest BCUT2D eigenvalue weighted by Crippen LogP contribution is 2.44. The SMILES string of the molecule is CCC(CC)C(c1ccc(Nc2nc3ccccc3s2)cc1)n1ccnc1.Cc1c(C)c2c(c(C)c1O)CC[C@@](C)(CCC[C@H](C)CCC[C@H](C)CCCC(C)C)O2. The highest BCUT2D eigenvalue weighted by molar-refractivity contribution is 7.22. The number of anilines is 2. The minimum atomic E-state index is -0.0712. The van der Waals surface area contributed by atoms with Gasteiger partial charge in [-0.05, 0) is 124 Å². The van der Waals surface area contributed by atoms with Crippen LogP contribution in [0.1, 0.15) is 159 Å². The Labute approximate surface area is 355 Å². The van der Waals surface area contributed by atoms with Crippen molar-refractivity contribution in [2.24, 2.45) is 23.7 Å². The van der Waals surface area contributed by atoms with Crippen molar-refractivity contribution in [1.82, 2.24) is 14.5 Å². The number of ether oxygens (including phenoxy) is 1. The fourth-order valence-corrected chi connectivity index (χ4v) is 9.83. The third kappa shape index (κ3) is 12.1. The lowest BCUT2D eigenvalue weighted by molar-refractivity contribution is 0.0511. The molecule has 0 bridgehead atoms. The maximum absolute atomic E-state index is 10.4. The minimum Gasteiger partial charge on any atom is -0.507 e. The predicted octanol–water partition coefficient (Wildman–Crippen LogP) is 15.1. The molecule has 4 atom stereocenters. The van der Waals surface area contributed by atoms with Crippen LogP contribution in [-0.4, -0.2) is 25.2 Å². The number of hydrogen-bond donors (Lipinski definition) is 2. The number of aromatic nitrogens is 3. The average molecular weight is 807 g/mol. The standard InChI is InChI=1S/C29H50O2.C22H24N4S/c1-20(2)12-9-13-21(3)14-10-15-22(4)16-11-18-29(8)19-17-26-25(7)27(30)23(5)24(6)28(26)31-29;1-3-16(4-2)21(26-14-13-23-15-26)17-9-11-18(12-10-17)24-22-25-19-7-5-6-8-20(19)27-22/h20-22,30H,9-19H2,1-8H3;5-16,21H,3-4H2,1-2H3,(H,24,25)/t21-,22-,29-;/m1./s1. The van der Waals surface area contributed by atoms with Crippen LogP contribution in [0, 0.1) is 44.4 Å². The molecule has 5 aromatic rings. The fourth-order valence-electron chi connectivity index (χ4n) is 8.94. The lowest BCUT2D eigenvalue weighted by Crippen LogP contribution is -2.37. The normalized spacial score (nSPS) is 16.8. The number of benzene rings is 3. The van der Waals surface area contributed by atoms with Gasteiger partial charge in [0.05, 0.1) is 22.6 Å². The summed E-state index contributed by atoms with van der Waals surface area (Å²) in [5.41, 5.74) is 7.64. The maximum atomic E-state index is 10.4. The minimum absolute atomic E-state index is 0.0712. The molecule has 1 aliphatic heterocycles. The summed E-state index contributed by atoms with van der Waals surface area (Å²) >= 11 is 1.68. The lowest BCUT2D eigenvalue weighted by atomic mass is 9.84. The van der Waals surface area contributed by atoms with Crippen molar-refractivity contribution in [2.45, 2.75) is 164 Å². The average Bonchev–Trinajstić information content (AvgIpc) is 3.89. The number of rotatable bonds is 19. The number of phenols is 1. The molecule has 316 valence electrons. The Hall–Kier alpha value is -3.84. The summed E-state index contributed by atoms with van der Waals surface area (Å²) in [6, 6.07) is 17.3. The van der Waals surface area contributed by atoms with Crippen molar-refractivity contribution in [3.05, 3.63) is 95.1 Å². The van der Waals surface area contributed by atoms with Crippen LogP contribution >= 0.6 is 11.3 Å². The summed E-state index contributed by atoms with van der Waals surface area (Å²) in [4.78, 5) is 8.91. The molecule has 3 heterocycles. The van der Waals surface area contributed by atoms with Crippen molar-refractivity contribution < 1.29 is 9.84 Å². The summed E-state index contributed by atoms with van der Waals surface area (Å²) in [7, 11) is 0. The molecular weight excluding hydrogens is 733 g/mol. The number of fused-ring (bicyclic) bond motifs is 2. The number of nitrogens with zero attached hydrogens (tertiary/aromatic N) is 3. The van der Waals surface area contributed by atoms with Gasteiger partial charge in [0.25, 0.3) is 0 Å². The molecule has 0 aliphatic carbocycles. The van der Waals surface area contributed by atoms with Gasteiger partial charge in [-0.1, -0.05) is 135 Å². The summed E-state index contributed by atoms with van der Waals surface area (Å²) in [5, 5.41) is 14.8. The number of aromatic hydroxyl groups is 1. The van der Waals surface area contributed by atoms with E-state index in [1.165, 1.54) is 67.2 Å². The van der Waals surface area contributed by atoms with Gasteiger partial charge in [0.15, 0.2) is 5.13 Å². The van der Waals surface area contributed by atoms with E-state index < -0.39 is 0 Å². The van der Waals surface area contributed by atoms with Gasteiger partial charge in [-0.15, -0.1) is 0 Å². The first-order valence-corrected chi connectivity index (χ1v) is 23.3. The van der Waals surface area contributed by atoms with E-state index in [1.807, 2.05) is 44.6 Å². The van der Waals surface area contributed by atoms with Crippen LogP contribution in [-0.2, 0) is 6.42 Å². The molecule has 7 heteroatoms. The van der Waals surface area contributed by atoms with Crippen LogP contribution < -0.4 is 10.1 Å². The molecule has 1 unspecified atom stereocenters. The Morgan fingerprint density at radius 2 is 1.50 bits per heavy atom. The van der Waals surface area contributed by atoms with Crippen molar-refractivity contribution in [1.29, 1.82) is 0 Å². The van der Waals surface area contributed by atoms with Gasteiger partial charge in [-0.2, -0.15) is 0 Å². The van der Waals surface area contributed by atoms with Crippen molar-refractivity contribution in [3.63, 3.8) is 0 Å². The Morgan fingerprint density at radius 3 is 2.12 bits per heavy atom. The van der Waals surface area contributed by atoms with Crippen LogP contribution in [0.25, 0.3) is 10.2 Å². The zero-order valence-electron chi connectivity index (χ0n) is 37.5. The maximum Gasteiger partial charge on any atom is 0.188 e. The number of thiazole rings is 1. The second-order valence-corrected chi connectivity index (χ2v) is 19.2. The zero-order valence-corrected chi connectivity index (χ0v) is 38.4. The summed E-state index contributed by atoms with van der Waals surface area (Å²) < 4.78 is 10.0. The van der Waals surface area contributed by atoms with Crippen LogP contribution in [0.2, 0.25) is 0 Å². The second kappa shape index (κ2) is 21.4. The van der Waals surface area contributed by atoms with Gasteiger partial charge < -0.3 is 19.7 Å². The van der Waals surface area contributed by atoms with E-state index in [0.717, 1.165) is 88.6 Å². The van der Waals surface area contributed by atoms with Crippen molar-refractivity contribution in [2.75, 3.05) is 5.32 Å². The van der Waals surface area contributed by atoms with Crippen LogP contribution in [0.15, 0.2) is 67.3 Å². The number of phenolic OH excluding ortho intramolecular Hbond substituents is 1. The number of hydrogen-bond acceptors (Lipinski definition) is 6. The first kappa shape index (κ1) is 45.2. The molecule has 3 aromatic carbocycles. The highest BCUT2D eigenvalue weighted by atomic mass is 32.1. The summed E-state index contributed by atoms with van der Waals surface area (Å²) in [6.45, 7) is 22.5. The Morgan fingerprint density at radius 1 is 0.845 bits per heavy atom. The molecule has 58 heavy (non-hydrogen) atoms. The molecule has 2 aromatic heterocycles. The lowest BCUT2D eigenvalue weighted by Gasteiger charge is -2.38. The summed E-state index contributed by atoms with van der Waals surface area (Å²) in [6.07, 6.45) is 22.2. The second-order valence-electron chi connectivity index (χ2n) is 18.2. The quantitative estimate of drug-likeness (QED) is 0.0869.